The lowest BCUT2D eigenvalue weighted by Gasteiger charge is -2.11. The van der Waals surface area contributed by atoms with Gasteiger partial charge >= 0.3 is 6.01 Å². The van der Waals surface area contributed by atoms with Crippen LogP contribution in [0.5, 0.6) is 5.75 Å². The molecule has 0 aliphatic rings. The lowest BCUT2D eigenvalue weighted by molar-refractivity contribution is -0.384. The molecule has 160 valence electrons. The molecule has 1 heterocycles. The van der Waals surface area contributed by atoms with Crippen molar-refractivity contribution < 1.29 is 18.9 Å². The Morgan fingerprint density at radius 1 is 1.00 bits per heavy atom. The van der Waals surface area contributed by atoms with Crippen molar-refractivity contribution in [3.05, 3.63) is 100 Å². The number of benzene rings is 3. The number of nitro groups is 1. The number of ether oxygens (including phenoxy) is 1. The van der Waals surface area contributed by atoms with Crippen LogP contribution in [0, 0.1) is 10.1 Å². The average molecular weight is 430 g/mol. The van der Waals surface area contributed by atoms with Gasteiger partial charge in [0.2, 0.25) is 5.89 Å². The smallest absolute Gasteiger partial charge is 0.322 e. The minimum atomic E-state index is -0.518. The third-order valence-electron chi connectivity index (χ3n) is 4.54. The predicted molar refractivity (Wildman–Crippen MR) is 116 cm³/mol. The topological polar surface area (TPSA) is 120 Å². The van der Waals surface area contributed by atoms with Gasteiger partial charge in [0.1, 0.15) is 5.75 Å². The van der Waals surface area contributed by atoms with E-state index in [1.807, 2.05) is 48.5 Å². The van der Waals surface area contributed by atoms with Gasteiger partial charge in [0, 0.05) is 24.1 Å². The number of non-ortho nitro benzene ring substituents is 1. The summed E-state index contributed by atoms with van der Waals surface area (Å²) in [5, 5.41) is 21.0. The third kappa shape index (κ3) is 5.14. The Hall–Kier alpha value is -4.53. The van der Waals surface area contributed by atoms with E-state index in [0.29, 0.717) is 17.7 Å². The van der Waals surface area contributed by atoms with Crippen LogP contribution in [0.2, 0.25) is 0 Å². The van der Waals surface area contributed by atoms with E-state index >= 15 is 0 Å². The van der Waals surface area contributed by atoms with Crippen molar-refractivity contribution in [1.29, 1.82) is 0 Å². The Labute approximate surface area is 182 Å². The molecule has 0 bridgehead atoms. The van der Waals surface area contributed by atoms with E-state index in [4.69, 9.17) is 9.15 Å². The van der Waals surface area contributed by atoms with Crippen molar-refractivity contribution in [2.45, 2.75) is 6.42 Å². The number of aromatic nitrogens is 2. The van der Waals surface area contributed by atoms with Crippen molar-refractivity contribution >= 4 is 17.6 Å². The summed E-state index contributed by atoms with van der Waals surface area (Å²) >= 11 is 0. The normalized spacial score (nSPS) is 10.5. The summed E-state index contributed by atoms with van der Waals surface area (Å²) in [5.74, 6) is 0.182. The highest BCUT2D eigenvalue weighted by molar-refractivity contribution is 5.89. The van der Waals surface area contributed by atoms with Crippen molar-refractivity contribution in [2.24, 2.45) is 0 Å². The Balaban J connectivity index is 1.37. The van der Waals surface area contributed by atoms with Crippen molar-refractivity contribution in [3.63, 3.8) is 0 Å². The maximum absolute atomic E-state index is 12.3. The minimum Gasteiger partial charge on any atom is -0.483 e. The number of hydrogen-bond donors (Lipinski definition) is 1. The third-order valence-corrected chi connectivity index (χ3v) is 4.54. The Kier molecular flexibility index (Phi) is 6.17. The molecule has 0 unspecified atom stereocenters. The highest BCUT2D eigenvalue weighted by Gasteiger charge is 2.15. The number of nitro benzene ring substituents is 1. The fourth-order valence-electron chi connectivity index (χ4n) is 3.05. The van der Waals surface area contributed by atoms with Gasteiger partial charge in [0.05, 0.1) is 4.92 Å². The predicted octanol–water partition coefficient (Wildman–Crippen LogP) is 4.25. The lowest BCUT2D eigenvalue weighted by atomic mass is 10.0. The molecular weight excluding hydrogens is 412 g/mol. The van der Waals surface area contributed by atoms with Crippen LogP contribution < -0.4 is 10.1 Å². The molecule has 0 spiro atoms. The van der Waals surface area contributed by atoms with Gasteiger partial charge in [-0.25, -0.2) is 0 Å². The highest BCUT2D eigenvalue weighted by Crippen LogP contribution is 2.24. The molecule has 9 nitrogen and oxygen atoms in total. The zero-order valence-corrected chi connectivity index (χ0v) is 16.8. The zero-order chi connectivity index (χ0) is 22.3. The lowest BCUT2D eigenvalue weighted by Crippen LogP contribution is -2.20. The molecule has 9 heteroatoms. The average Bonchev–Trinajstić information content (AvgIpc) is 3.28. The largest absolute Gasteiger partial charge is 0.483 e. The molecule has 0 fully saturated rings. The summed E-state index contributed by atoms with van der Waals surface area (Å²) in [5.41, 5.74) is 2.36. The molecule has 0 saturated heterocycles. The molecule has 4 aromatic rings. The molecule has 0 saturated carbocycles. The van der Waals surface area contributed by atoms with E-state index in [2.05, 4.69) is 15.5 Å². The summed E-state index contributed by atoms with van der Waals surface area (Å²) in [7, 11) is 0. The number of hydrogen-bond acceptors (Lipinski definition) is 7. The van der Waals surface area contributed by atoms with Gasteiger partial charge in [0.25, 0.3) is 11.6 Å². The van der Waals surface area contributed by atoms with E-state index in [1.165, 1.54) is 18.2 Å². The quantitative estimate of drug-likeness (QED) is 0.328. The van der Waals surface area contributed by atoms with Gasteiger partial charge in [-0.2, -0.15) is 0 Å². The first-order chi connectivity index (χ1) is 15.6. The van der Waals surface area contributed by atoms with Crippen LogP contribution in [0.15, 0.2) is 83.3 Å². The van der Waals surface area contributed by atoms with Gasteiger partial charge in [-0.05, 0) is 23.3 Å². The van der Waals surface area contributed by atoms with Crippen LogP contribution in [0.3, 0.4) is 0 Å². The monoisotopic (exact) mass is 430 g/mol. The first kappa shape index (κ1) is 20.7. The maximum Gasteiger partial charge on any atom is 0.322 e. The first-order valence-corrected chi connectivity index (χ1v) is 9.71. The molecule has 1 aromatic heterocycles. The molecule has 0 aliphatic heterocycles. The Morgan fingerprint density at radius 2 is 1.78 bits per heavy atom. The molecule has 0 atom stereocenters. The fourth-order valence-corrected chi connectivity index (χ4v) is 3.05. The van der Waals surface area contributed by atoms with Crippen molar-refractivity contribution in [2.75, 3.05) is 11.9 Å². The number of para-hydroxylation sites is 1. The van der Waals surface area contributed by atoms with E-state index in [0.717, 1.165) is 11.1 Å². The second-order valence-electron chi connectivity index (χ2n) is 6.83. The van der Waals surface area contributed by atoms with Crippen LogP contribution in [-0.2, 0) is 11.2 Å². The number of anilines is 1. The van der Waals surface area contributed by atoms with Crippen LogP contribution in [0.4, 0.5) is 11.7 Å². The second kappa shape index (κ2) is 9.52. The summed E-state index contributed by atoms with van der Waals surface area (Å²) < 4.78 is 11.1. The zero-order valence-electron chi connectivity index (χ0n) is 16.8. The number of carbonyl (C=O) groups excluding carboxylic acids is 1. The van der Waals surface area contributed by atoms with E-state index in [1.54, 1.807) is 12.1 Å². The first-order valence-electron chi connectivity index (χ1n) is 9.71. The van der Waals surface area contributed by atoms with Gasteiger partial charge in [-0.15, -0.1) is 5.10 Å². The fraction of sp³-hybridized carbons (Fsp3) is 0.0870. The number of amides is 1. The number of nitrogens with zero attached hydrogens (tertiary/aromatic N) is 3. The van der Waals surface area contributed by atoms with Crippen LogP contribution in [-0.4, -0.2) is 27.6 Å². The second-order valence-corrected chi connectivity index (χ2v) is 6.83. The maximum atomic E-state index is 12.3. The molecule has 0 radical (unpaired) electrons. The Bertz CT molecular complexity index is 1240. The molecule has 0 aliphatic carbocycles. The molecular formula is C23H18N4O5. The van der Waals surface area contributed by atoms with Crippen LogP contribution >= 0.6 is 0 Å². The summed E-state index contributed by atoms with van der Waals surface area (Å²) in [6.45, 7) is -0.250. The summed E-state index contributed by atoms with van der Waals surface area (Å²) in [4.78, 5) is 22.7. The van der Waals surface area contributed by atoms with Crippen molar-refractivity contribution in [3.8, 4) is 17.2 Å². The molecule has 32 heavy (non-hydrogen) atoms. The highest BCUT2D eigenvalue weighted by atomic mass is 16.6. The van der Waals surface area contributed by atoms with E-state index in [9.17, 15) is 14.9 Å². The molecule has 1 amide bonds. The number of rotatable bonds is 8. The van der Waals surface area contributed by atoms with E-state index in [-0.39, 0.29) is 24.2 Å². The molecule has 1 N–H and O–H groups in total. The van der Waals surface area contributed by atoms with E-state index < -0.39 is 10.8 Å². The summed E-state index contributed by atoms with van der Waals surface area (Å²) in [6, 6.07) is 23.1. The number of carbonyl (C=O) groups is 1. The van der Waals surface area contributed by atoms with Gasteiger partial charge in [-0.3, -0.25) is 20.2 Å². The Morgan fingerprint density at radius 3 is 2.59 bits per heavy atom. The van der Waals surface area contributed by atoms with Crippen LogP contribution in [0.1, 0.15) is 11.1 Å². The SMILES string of the molecule is O=C(COc1ccccc1Cc1ccccc1)Nc1nnc(-c2cccc([N+](=O)[O-])c2)o1. The minimum absolute atomic E-state index is 0.0538. The summed E-state index contributed by atoms with van der Waals surface area (Å²) in [6.07, 6.45) is 0.675. The van der Waals surface area contributed by atoms with Gasteiger partial charge in [-0.1, -0.05) is 59.7 Å². The van der Waals surface area contributed by atoms with Gasteiger partial charge in [0.15, 0.2) is 6.61 Å². The number of nitrogens with one attached hydrogen (secondary N) is 1. The standard InChI is InChI=1S/C23H18N4O5/c28-21(15-31-20-12-5-4-9-17(20)13-16-7-2-1-3-8-16)24-23-26-25-22(32-23)18-10-6-11-19(14-18)27(29)30/h1-12,14H,13,15H2,(H,24,26,28). The van der Waals surface area contributed by atoms with Crippen LogP contribution in [0.25, 0.3) is 11.5 Å². The van der Waals surface area contributed by atoms with Crippen molar-refractivity contribution in [1.82, 2.24) is 10.2 Å². The molecule has 4 rings (SSSR count). The molecule has 3 aromatic carbocycles. The van der Waals surface area contributed by atoms with Gasteiger partial charge < -0.3 is 9.15 Å².